The lowest BCUT2D eigenvalue weighted by Gasteiger charge is -2.22. The first-order valence-corrected chi connectivity index (χ1v) is 12.4. The Morgan fingerprint density at radius 3 is 2.06 bits per heavy atom. The van der Waals surface area contributed by atoms with Gasteiger partial charge in [-0.2, -0.15) is 0 Å². The minimum absolute atomic E-state index is 0.0862. The molecule has 4 aromatic rings. The summed E-state index contributed by atoms with van der Waals surface area (Å²) >= 11 is 0. The van der Waals surface area contributed by atoms with Crippen molar-refractivity contribution in [2.75, 3.05) is 7.11 Å². The smallest absolute Gasteiger partial charge is 0.166 e. The number of methoxy groups -OCH3 is 1. The van der Waals surface area contributed by atoms with E-state index in [1.165, 1.54) is 36.9 Å². The van der Waals surface area contributed by atoms with Crippen LogP contribution >= 0.6 is 0 Å². The predicted molar refractivity (Wildman–Crippen MR) is 136 cm³/mol. The molecule has 164 valence electrons. The Hall–Kier alpha value is -3.30. The van der Waals surface area contributed by atoms with Crippen LogP contribution in [0, 0.1) is 0 Å². The lowest BCUT2D eigenvalue weighted by Crippen LogP contribution is -2.16. The molecule has 0 fully saturated rings. The number of carbonyl (C=O) groups is 1. The van der Waals surface area contributed by atoms with Gasteiger partial charge in [0, 0.05) is 11.0 Å². The Labute approximate surface area is 198 Å². The van der Waals surface area contributed by atoms with Crippen LogP contribution in [0.2, 0.25) is 0 Å². The Kier molecular flexibility index (Phi) is 5.38. The standard InChI is InChI=1S/C30H27O2S/c1-20(31)21-10-13-24(14-11-21)33(23-8-6-5-7-9-23)25-15-16-26-27-18-22(32-4)12-17-28(27)30(2,3)29(26)19-25/h5-19H,1-4H3/q+1. The van der Waals surface area contributed by atoms with E-state index in [0.29, 0.717) is 0 Å². The molecule has 0 N–H and O–H groups in total. The fraction of sp³-hybridized carbons (Fsp3) is 0.167. The number of benzene rings is 4. The predicted octanol–water partition coefficient (Wildman–Crippen LogP) is 7.30. The number of carbonyl (C=O) groups excluding carboxylic acids is 1. The zero-order valence-electron chi connectivity index (χ0n) is 19.4. The second-order valence-corrected chi connectivity index (χ2v) is 11.0. The summed E-state index contributed by atoms with van der Waals surface area (Å²) in [7, 11) is 1.45. The van der Waals surface area contributed by atoms with E-state index in [-0.39, 0.29) is 22.1 Å². The molecule has 4 aromatic carbocycles. The highest BCUT2D eigenvalue weighted by Crippen LogP contribution is 2.50. The quantitative estimate of drug-likeness (QED) is 0.235. The average molecular weight is 452 g/mol. The van der Waals surface area contributed by atoms with Crippen molar-refractivity contribution >= 4 is 16.7 Å². The minimum Gasteiger partial charge on any atom is -0.497 e. The second kappa shape index (κ2) is 8.24. The maximum atomic E-state index is 11.8. The van der Waals surface area contributed by atoms with Gasteiger partial charge >= 0.3 is 0 Å². The van der Waals surface area contributed by atoms with E-state index in [1.54, 1.807) is 14.0 Å². The van der Waals surface area contributed by atoms with Crippen LogP contribution in [0.4, 0.5) is 0 Å². The molecule has 0 aromatic heterocycles. The van der Waals surface area contributed by atoms with Crippen molar-refractivity contribution in [1.29, 1.82) is 0 Å². The number of hydrogen-bond acceptors (Lipinski definition) is 2. The van der Waals surface area contributed by atoms with Crippen molar-refractivity contribution in [3.8, 4) is 16.9 Å². The molecule has 1 atom stereocenters. The van der Waals surface area contributed by atoms with Crippen molar-refractivity contribution in [2.45, 2.75) is 40.9 Å². The molecule has 2 nitrogen and oxygen atoms in total. The van der Waals surface area contributed by atoms with Crippen molar-refractivity contribution in [2.24, 2.45) is 0 Å². The van der Waals surface area contributed by atoms with Crippen molar-refractivity contribution in [3.63, 3.8) is 0 Å². The molecule has 1 aliphatic carbocycles. The number of ketones is 1. The van der Waals surface area contributed by atoms with E-state index in [1.807, 2.05) is 12.1 Å². The number of fused-ring (bicyclic) bond motifs is 3. The first kappa shape index (κ1) is 21.5. The number of Topliss-reactive ketones (excluding diaryl/α,β-unsaturated/α-hetero) is 1. The van der Waals surface area contributed by atoms with E-state index < -0.39 is 0 Å². The van der Waals surface area contributed by atoms with Gasteiger partial charge in [-0.05, 0) is 95.9 Å². The van der Waals surface area contributed by atoms with E-state index >= 15 is 0 Å². The zero-order chi connectivity index (χ0) is 23.2. The Balaban J connectivity index is 1.66. The molecule has 5 rings (SSSR count). The molecule has 3 heteroatoms. The van der Waals surface area contributed by atoms with Crippen LogP contribution in [0.15, 0.2) is 106 Å². The first-order valence-electron chi connectivity index (χ1n) is 11.1. The fourth-order valence-electron chi connectivity index (χ4n) is 4.76. The molecule has 0 heterocycles. The van der Waals surface area contributed by atoms with Gasteiger partial charge in [0.1, 0.15) is 5.75 Å². The highest BCUT2D eigenvalue weighted by atomic mass is 32.2. The Bertz CT molecular complexity index is 1340. The van der Waals surface area contributed by atoms with Crippen LogP contribution in [0.5, 0.6) is 5.75 Å². The molecule has 0 saturated heterocycles. The van der Waals surface area contributed by atoms with Gasteiger partial charge in [0.15, 0.2) is 20.5 Å². The normalized spacial score (nSPS) is 14.3. The molecule has 1 aliphatic rings. The molecule has 1 unspecified atom stereocenters. The average Bonchev–Trinajstić information content (AvgIpc) is 3.06. The summed E-state index contributed by atoms with van der Waals surface area (Å²) in [6.07, 6.45) is 0. The minimum atomic E-state index is -0.269. The maximum Gasteiger partial charge on any atom is 0.166 e. The molecule has 0 aliphatic heterocycles. The lowest BCUT2D eigenvalue weighted by molar-refractivity contribution is 0.101. The molecule has 0 radical (unpaired) electrons. The third-order valence-corrected chi connectivity index (χ3v) is 8.78. The van der Waals surface area contributed by atoms with Gasteiger partial charge in [-0.15, -0.1) is 0 Å². The van der Waals surface area contributed by atoms with E-state index in [4.69, 9.17) is 4.74 Å². The number of hydrogen-bond donors (Lipinski definition) is 0. The molecule has 0 spiro atoms. The first-order chi connectivity index (χ1) is 15.9. The van der Waals surface area contributed by atoms with Gasteiger partial charge in [0.25, 0.3) is 0 Å². The number of rotatable bonds is 5. The van der Waals surface area contributed by atoms with Crippen molar-refractivity contribution < 1.29 is 9.53 Å². The molecule has 33 heavy (non-hydrogen) atoms. The van der Waals surface area contributed by atoms with Gasteiger partial charge in [-0.25, -0.2) is 0 Å². The van der Waals surface area contributed by atoms with Gasteiger partial charge in [0.2, 0.25) is 0 Å². The maximum absolute atomic E-state index is 11.8. The number of ether oxygens (including phenoxy) is 1. The monoisotopic (exact) mass is 451 g/mol. The second-order valence-electron chi connectivity index (χ2n) is 8.94. The van der Waals surface area contributed by atoms with Crippen LogP contribution in [0.25, 0.3) is 11.1 Å². The highest BCUT2D eigenvalue weighted by molar-refractivity contribution is 7.97. The molecular weight excluding hydrogens is 424 g/mol. The van der Waals surface area contributed by atoms with Crippen molar-refractivity contribution in [3.05, 3.63) is 108 Å². The molecular formula is C30H27O2S+. The summed E-state index contributed by atoms with van der Waals surface area (Å²) in [5.41, 5.74) is 5.87. The van der Waals surface area contributed by atoms with Crippen LogP contribution < -0.4 is 4.74 Å². The van der Waals surface area contributed by atoms with Crippen LogP contribution in [0.1, 0.15) is 42.3 Å². The van der Waals surface area contributed by atoms with Gasteiger partial charge in [-0.1, -0.05) is 38.1 Å². The van der Waals surface area contributed by atoms with Crippen LogP contribution in [0.3, 0.4) is 0 Å². The van der Waals surface area contributed by atoms with E-state index in [2.05, 4.69) is 92.7 Å². The van der Waals surface area contributed by atoms with Gasteiger partial charge < -0.3 is 4.74 Å². The SMILES string of the molecule is COc1ccc2c(c1)-c1ccc([S+](c3ccccc3)c3ccc(C(C)=O)cc3)cc1C2(C)C. The lowest BCUT2D eigenvalue weighted by atomic mass is 9.82. The summed E-state index contributed by atoms with van der Waals surface area (Å²) in [5.74, 6) is 0.977. The Morgan fingerprint density at radius 2 is 1.39 bits per heavy atom. The highest BCUT2D eigenvalue weighted by Gasteiger charge is 2.38. The Morgan fingerprint density at radius 1 is 0.727 bits per heavy atom. The third kappa shape index (κ3) is 3.67. The van der Waals surface area contributed by atoms with Gasteiger partial charge in [-0.3, -0.25) is 4.79 Å². The topological polar surface area (TPSA) is 26.3 Å². The zero-order valence-corrected chi connectivity index (χ0v) is 20.2. The third-order valence-electron chi connectivity index (χ3n) is 6.57. The molecule has 0 saturated carbocycles. The summed E-state index contributed by atoms with van der Waals surface area (Å²) in [6, 6.07) is 32.1. The molecule has 0 amide bonds. The fourth-order valence-corrected chi connectivity index (χ4v) is 6.85. The largest absolute Gasteiger partial charge is 0.497 e. The summed E-state index contributed by atoms with van der Waals surface area (Å²) in [6.45, 7) is 6.22. The van der Waals surface area contributed by atoms with E-state index in [0.717, 1.165) is 11.3 Å². The summed E-state index contributed by atoms with van der Waals surface area (Å²) < 4.78 is 5.50. The van der Waals surface area contributed by atoms with Crippen molar-refractivity contribution in [1.82, 2.24) is 0 Å². The molecule has 0 bridgehead atoms. The van der Waals surface area contributed by atoms with Crippen LogP contribution in [-0.4, -0.2) is 12.9 Å². The van der Waals surface area contributed by atoms with Crippen LogP contribution in [-0.2, 0) is 16.3 Å². The summed E-state index contributed by atoms with van der Waals surface area (Å²) in [5, 5.41) is 0. The van der Waals surface area contributed by atoms with Gasteiger partial charge in [0.05, 0.1) is 18.0 Å². The summed E-state index contributed by atoms with van der Waals surface area (Å²) in [4.78, 5) is 15.6. The van der Waals surface area contributed by atoms with E-state index in [9.17, 15) is 4.79 Å².